The highest BCUT2D eigenvalue weighted by molar-refractivity contribution is 5.81. The van der Waals surface area contributed by atoms with Gasteiger partial charge in [-0.2, -0.15) is 0 Å². The number of hydrogen-bond acceptors (Lipinski definition) is 4. The Balaban J connectivity index is 1.59. The summed E-state index contributed by atoms with van der Waals surface area (Å²) in [5.74, 6) is 2.00. The molecule has 0 amide bonds. The van der Waals surface area contributed by atoms with E-state index in [9.17, 15) is 0 Å². The fourth-order valence-corrected chi connectivity index (χ4v) is 2.98. The van der Waals surface area contributed by atoms with E-state index in [1.165, 1.54) is 31.2 Å². The SMILES string of the molecule is COc1ccc(CN2CCN=C2NC2CCCC2)cc1. The minimum Gasteiger partial charge on any atom is -0.497 e. The van der Waals surface area contributed by atoms with Gasteiger partial charge in [0.25, 0.3) is 0 Å². The Kier molecular flexibility index (Phi) is 4.09. The molecule has 0 aromatic heterocycles. The Morgan fingerprint density at radius 1 is 1.25 bits per heavy atom. The molecule has 1 aromatic rings. The lowest BCUT2D eigenvalue weighted by molar-refractivity contribution is 0.412. The second kappa shape index (κ2) is 6.16. The maximum atomic E-state index is 5.20. The first-order valence-corrected chi connectivity index (χ1v) is 7.54. The zero-order valence-electron chi connectivity index (χ0n) is 12.1. The van der Waals surface area contributed by atoms with Gasteiger partial charge in [-0.15, -0.1) is 0 Å². The molecule has 1 aromatic carbocycles. The Morgan fingerprint density at radius 2 is 2.00 bits per heavy atom. The minimum absolute atomic E-state index is 0.630. The molecule has 0 spiro atoms. The van der Waals surface area contributed by atoms with Gasteiger partial charge in [0.1, 0.15) is 5.75 Å². The van der Waals surface area contributed by atoms with E-state index in [0.29, 0.717) is 6.04 Å². The number of nitrogens with one attached hydrogen (secondary N) is 1. The van der Waals surface area contributed by atoms with Gasteiger partial charge in [0.05, 0.1) is 13.7 Å². The van der Waals surface area contributed by atoms with Crippen LogP contribution in [0.5, 0.6) is 5.75 Å². The average molecular weight is 273 g/mol. The van der Waals surface area contributed by atoms with Gasteiger partial charge in [0, 0.05) is 19.1 Å². The summed E-state index contributed by atoms with van der Waals surface area (Å²) < 4.78 is 5.20. The Morgan fingerprint density at radius 3 is 2.70 bits per heavy atom. The molecule has 0 unspecified atom stereocenters. The van der Waals surface area contributed by atoms with E-state index in [2.05, 4.69) is 27.3 Å². The summed E-state index contributed by atoms with van der Waals surface area (Å²) >= 11 is 0. The third-order valence-electron chi connectivity index (χ3n) is 4.15. The lowest BCUT2D eigenvalue weighted by atomic mass is 10.2. The average Bonchev–Trinajstić information content (AvgIpc) is 3.13. The van der Waals surface area contributed by atoms with E-state index in [1.807, 2.05) is 12.1 Å². The molecule has 108 valence electrons. The van der Waals surface area contributed by atoms with Crippen molar-refractivity contribution < 1.29 is 4.74 Å². The van der Waals surface area contributed by atoms with E-state index in [-0.39, 0.29) is 0 Å². The van der Waals surface area contributed by atoms with E-state index in [4.69, 9.17) is 4.74 Å². The van der Waals surface area contributed by atoms with Gasteiger partial charge in [-0.1, -0.05) is 25.0 Å². The third-order valence-corrected chi connectivity index (χ3v) is 4.15. The molecule has 1 aliphatic heterocycles. The summed E-state index contributed by atoms with van der Waals surface area (Å²) in [6.45, 7) is 2.84. The van der Waals surface area contributed by atoms with Crippen molar-refractivity contribution in [2.75, 3.05) is 20.2 Å². The maximum Gasteiger partial charge on any atom is 0.194 e. The van der Waals surface area contributed by atoms with Gasteiger partial charge >= 0.3 is 0 Å². The van der Waals surface area contributed by atoms with Crippen molar-refractivity contribution in [3.8, 4) is 5.75 Å². The topological polar surface area (TPSA) is 36.9 Å². The van der Waals surface area contributed by atoms with Crippen LogP contribution in [0, 0.1) is 0 Å². The zero-order chi connectivity index (χ0) is 13.8. The summed E-state index contributed by atoms with van der Waals surface area (Å²) in [6, 6.07) is 8.93. The highest BCUT2D eigenvalue weighted by Gasteiger charge is 2.22. The Hall–Kier alpha value is -1.71. The molecular weight excluding hydrogens is 250 g/mol. The number of methoxy groups -OCH3 is 1. The van der Waals surface area contributed by atoms with E-state index >= 15 is 0 Å². The van der Waals surface area contributed by atoms with Crippen LogP contribution >= 0.6 is 0 Å². The fourth-order valence-electron chi connectivity index (χ4n) is 2.98. The van der Waals surface area contributed by atoms with Gasteiger partial charge in [0.2, 0.25) is 0 Å². The van der Waals surface area contributed by atoms with Crippen molar-refractivity contribution in [3.05, 3.63) is 29.8 Å². The van der Waals surface area contributed by atoms with Gasteiger partial charge in [-0.05, 0) is 30.5 Å². The van der Waals surface area contributed by atoms with Crippen molar-refractivity contribution >= 4 is 5.96 Å². The highest BCUT2D eigenvalue weighted by Crippen LogP contribution is 2.19. The number of rotatable bonds is 4. The lowest BCUT2D eigenvalue weighted by Crippen LogP contribution is -2.42. The molecule has 4 heteroatoms. The molecule has 0 saturated heterocycles. The van der Waals surface area contributed by atoms with Crippen LogP contribution in [0.25, 0.3) is 0 Å². The smallest absolute Gasteiger partial charge is 0.194 e. The third kappa shape index (κ3) is 3.06. The number of guanidine groups is 1. The summed E-state index contributed by atoms with van der Waals surface area (Å²) in [6.07, 6.45) is 5.28. The largest absolute Gasteiger partial charge is 0.497 e. The van der Waals surface area contributed by atoms with Gasteiger partial charge in [-0.3, -0.25) is 4.99 Å². The summed E-state index contributed by atoms with van der Waals surface area (Å²) in [7, 11) is 1.70. The Labute approximate surface area is 120 Å². The van der Waals surface area contributed by atoms with E-state index in [0.717, 1.165) is 31.3 Å². The number of nitrogens with zero attached hydrogens (tertiary/aromatic N) is 2. The highest BCUT2D eigenvalue weighted by atomic mass is 16.5. The molecule has 0 bridgehead atoms. The molecule has 3 rings (SSSR count). The first kappa shape index (κ1) is 13.3. The molecule has 0 radical (unpaired) electrons. The monoisotopic (exact) mass is 273 g/mol. The van der Waals surface area contributed by atoms with Gasteiger partial charge in [0.15, 0.2) is 5.96 Å². The van der Waals surface area contributed by atoms with Crippen LogP contribution < -0.4 is 10.1 Å². The minimum atomic E-state index is 0.630. The number of ether oxygens (including phenoxy) is 1. The van der Waals surface area contributed by atoms with Crippen molar-refractivity contribution in [3.63, 3.8) is 0 Å². The molecule has 1 aliphatic carbocycles. The molecule has 20 heavy (non-hydrogen) atoms. The van der Waals surface area contributed by atoms with Crippen LogP contribution in [0.15, 0.2) is 29.3 Å². The van der Waals surface area contributed by atoms with E-state index in [1.54, 1.807) is 7.11 Å². The zero-order valence-corrected chi connectivity index (χ0v) is 12.1. The van der Waals surface area contributed by atoms with Crippen LogP contribution in [-0.2, 0) is 6.54 Å². The first-order chi connectivity index (χ1) is 9.85. The van der Waals surface area contributed by atoms with Crippen LogP contribution in [0.4, 0.5) is 0 Å². The number of aliphatic imine (C=N–C) groups is 1. The summed E-state index contributed by atoms with van der Waals surface area (Å²) in [5, 5.41) is 3.62. The molecular formula is C16H23N3O. The predicted molar refractivity (Wildman–Crippen MR) is 81.1 cm³/mol. The second-order valence-corrected chi connectivity index (χ2v) is 5.60. The molecule has 2 aliphatic rings. The van der Waals surface area contributed by atoms with Gasteiger partial charge in [-0.25, -0.2) is 0 Å². The van der Waals surface area contributed by atoms with Gasteiger partial charge < -0.3 is 15.0 Å². The molecule has 0 atom stereocenters. The van der Waals surface area contributed by atoms with E-state index < -0.39 is 0 Å². The molecule has 4 nitrogen and oxygen atoms in total. The van der Waals surface area contributed by atoms with Crippen molar-refractivity contribution in [1.29, 1.82) is 0 Å². The Bertz CT molecular complexity index is 463. The van der Waals surface area contributed by atoms with Crippen molar-refractivity contribution in [2.45, 2.75) is 38.3 Å². The predicted octanol–water partition coefficient (Wildman–Crippen LogP) is 2.40. The summed E-state index contributed by atoms with van der Waals surface area (Å²) in [5.41, 5.74) is 1.30. The fraction of sp³-hybridized carbons (Fsp3) is 0.562. The molecule has 1 saturated carbocycles. The van der Waals surface area contributed by atoms with Crippen molar-refractivity contribution in [2.24, 2.45) is 4.99 Å². The van der Waals surface area contributed by atoms with Crippen LogP contribution in [0.1, 0.15) is 31.2 Å². The first-order valence-electron chi connectivity index (χ1n) is 7.54. The number of benzene rings is 1. The van der Waals surface area contributed by atoms with Crippen LogP contribution in [0.3, 0.4) is 0 Å². The second-order valence-electron chi connectivity index (χ2n) is 5.60. The molecule has 1 fully saturated rings. The standard InChI is InChI=1S/C16H23N3O/c1-20-15-8-6-13(7-9-15)12-19-11-10-17-16(19)18-14-4-2-3-5-14/h6-9,14H,2-5,10-12H2,1H3,(H,17,18). The summed E-state index contributed by atoms with van der Waals surface area (Å²) in [4.78, 5) is 6.96. The number of hydrogen-bond donors (Lipinski definition) is 1. The van der Waals surface area contributed by atoms with Crippen molar-refractivity contribution in [1.82, 2.24) is 10.2 Å². The maximum absolute atomic E-state index is 5.20. The van der Waals surface area contributed by atoms with Crippen LogP contribution in [-0.4, -0.2) is 37.1 Å². The molecule has 1 N–H and O–H groups in total. The lowest BCUT2D eigenvalue weighted by Gasteiger charge is -2.24. The normalized spacial score (nSPS) is 19.2. The quantitative estimate of drug-likeness (QED) is 0.915. The molecule has 1 heterocycles. The van der Waals surface area contributed by atoms with Crippen LogP contribution in [0.2, 0.25) is 0 Å².